The Kier molecular flexibility index (Phi) is 4.74. The van der Waals surface area contributed by atoms with Crippen molar-refractivity contribution in [2.45, 2.75) is 19.0 Å². The maximum atomic E-state index is 11.9. The molecular formula is C8H9ClF3N3O2S. The van der Waals surface area contributed by atoms with Crippen LogP contribution in [0, 0.1) is 0 Å². The maximum absolute atomic E-state index is 11.9. The molecule has 5 nitrogen and oxygen atoms in total. The van der Waals surface area contributed by atoms with Crippen molar-refractivity contribution >= 4 is 27.4 Å². The van der Waals surface area contributed by atoms with Gasteiger partial charge in [0.05, 0.1) is 5.75 Å². The molecule has 0 aliphatic rings. The predicted molar refractivity (Wildman–Crippen MR) is 59.7 cm³/mol. The third kappa shape index (κ3) is 5.50. The summed E-state index contributed by atoms with van der Waals surface area (Å²) in [6.45, 7) is 0. The van der Waals surface area contributed by atoms with Crippen LogP contribution in [0.25, 0.3) is 0 Å². The average molecular weight is 304 g/mol. The van der Waals surface area contributed by atoms with Gasteiger partial charge in [-0.3, -0.25) is 4.72 Å². The summed E-state index contributed by atoms with van der Waals surface area (Å²) < 4.78 is 60.4. The first-order valence-corrected chi connectivity index (χ1v) is 6.76. The van der Waals surface area contributed by atoms with Crippen LogP contribution in [-0.2, 0) is 10.0 Å². The normalized spacial score (nSPS) is 12.4. The first-order chi connectivity index (χ1) is 8.20. The monoisotopic (exact) mass is 303 g/mol. The van der Waals surface area contributed by atoms with E-state index in [1.54, 1.807) is 0 Å². The molecule has 0 bridgehead atoms. The Morgan fingerprint density at radius 3 is 2.44 bits per heavy atom. The third-order valence-corrected chi connectivity index (χ3v) is 3.39. The summed E-state index contributed by atoms with van der Waals surface area (Å²) in [5.74, 6) is -0.870. The minimum atomic E-state index is -4.38. The second-order valence-corrected chi connectivity index (χ2v) is 5.54. The standard InChI is InChI=1S/C8H9ClF3N3O2S/c9-6-7(14-4-3-13-6)15-18(16,17)5-1-2-8(10,11)12/h3-4H,1-2,5H2,(H,14,15). The topological polar surface area (TPSA) is 72.0 Å². The fourth-order valence-electron chi connectivity index (χ4n) is 1.05. The van der Waals surface area contributed by atoms with E-state index in [9.17, 15) is 21.6 Å². The number of aromatic nitrogens is 2. The molecule has 0 atom stereocenters. The summed E-state index contributed by atoms with van der Waals surface area (Å²) >= 11 is 5.56. The van der Waals surface area contributed by atoms with Crippen LogP contribution in [0.2, 0.25) is 5.15 Å². The van der Waals surface area contributed by atoms with E-state index in [1.165, 1.54) is 12.4 Å². The van der Waals surface area contributed by atoms with Crippen molar-refractivity contribution in [1.29, 1.82) is 0 Å². The number of hydrogen-bond acceptors (Lipinski definition) is 4. The third-order valence-electron chi connectivity index (χ3n) is 1.78. The van der Waals surface area contributed by atoms with Gasteiger partial charge in [-0.15, -0.1) is 0 Å². The van der Waals surface area contributed by atoms with Crippen LogP contribution in [-0.4, -0.2) is 30.3 Å². The number of sulfonamides is 1. The van der Waals surface area contributed by atoms with E-state index in [4.69, 9.17) is 11.6 Å². The predicted octanol–water partition coefficient (Wildman–Crippen LogP) is 2.21. The van der Waals surface area contributed by atoms with E-state index in [0.717, 1.165) is 0 Å². The van der Waals surface area contributed by atoms with Crippen molar-refractivity contribution in [2.75, 3.05) is 10.5 Å². The zero-order chi connectivity index (χ0) is 13.8. The summed E-state index contributed by atoms with van der Waals surface area (Å²) in [6.07, 6.45) is -3.61. The lowest BCUT2D eigenvalue weighted by Crippen LogP contribution is -2.19. The number of halogens is 4. The molecule has 0 saturated carbocycles. The molecule has 18 heavy (non-hydrogen) atoms. The van der Waals surface area contributed by atoms with Crippen LogP contribution in [0.3, 0.4) is 0 Å². The Bertz CT molecular complexity index is 507. The Balaban J connectivity index is 2.58. The fraction of sp³-hybridized carbons (Fsp3) is 0.500. The highest BCUT2D eigenvalue weighted by molar-refractivity contribution is 7.92. The van der Waals surface area contributed by atoms with Gasteiger partial charge in [-0.05, 0) is 6.42 Å². The molecule has 0 spiro atoms. The molecule has 0 radical (unpaired) electrons. The first kappa shape index (κ1) is 15.0. The summed E-state index contributed by atoms with van der Waals surface area (Å²) in [4.78, 5) is 7.19. The van der Waals surface area contributed by atoms with E-state index in [-0.39, 0.29) is 11.0 Å². The highest BCUT2D eigenvalue weighted by atomic mass is 35.5. The second kappa shape index (κ2) is 5.70. The fourth-order valence-corrected chi connectivity index (χ4v) is 2.33. The molecule has 10 heteroatoms. The molecule has 0 aliphatic heterocycles. The van der Waals surface area contributed by atoms with Crippen LogP contribution >= 0.6 is 11.6 Å². The molecule has 0 saturated heterocycles. The van der Waals surface area contributed by atoms with Crippen molar-refractivity contribution in [3.63, 3.8) is 0 Å². The van der Waals surface area contributed by atoms with E-state index in [2.05, 4.69) is 9.97 Å². The lowest BCUT2D eigenvalue weighted by molar-refractivity contribution is -0.134. The van der Waals surface area contributed by atoms with Gasteiger partial charge in [0.2, 0.25) is 10.0 Å². The van der Waals surface area contributed by atoms with Crippen LogP contribution in [0.1, 0.15) is 12.8 Å². The Morgan fingerprint density at radius 2 is 1.89 bits per heavy atom. The smallest absolute Gasteiger partial charge is 0.265 e. The number of nitrogens with zero attached hydrogens (tertiary/aromatic N) is 2. The summed E-state index contributed by atoms with van der Waals surface area (Å²) in [6, 6.07) is 0. The van der Waals surface area contributed by atoms with Gasteiger partial charge in [-0.25, -0.2) is 18.4 Å². The van der Waals surface area contributed by atoms with E-state index in [1.807, 2.05) is 4.72 Å². The summed E-state index contributed by atoms with van der Waals surface area (Å²) in [5.41, 5.74) is 0. The van der Waals surface area contributed by atoms with Crippen molar-refractivity contribution in [3.05, 3.63) is 17.5 Å². The largest absolute Gasteiger partial charge is 0.389 e. The van der Waals surface area contributed by atoms with E-state index in [0.29, 0.717) is 0 Å². The summed E-state index contributed by atoms with van der Waals surface area (Å²) in [5, 5.41) is -0.170. The number of hydrogen-bond donors (Lipinski definition) is 1. The van der Waals surface area contributed by atoms with Gasteiger partial charge >= 0.3 is 6.18 Å². The quantitative estimate of drug-likeness (QED) is 0.905. The molecule has 102 valence electrons. The first-order valence-electron chi connectivity index (χ1n) is 4.73. The van der Waals surface area contributed by atoms with Gasteiger partial charge in [0.25, 0.3) is 0 Å². The molecular weight excluding hydrogens is 295 g/mol. The second-order valence-electron chi connectivity index (χ2n) is 3.34. The lowest BCUT2D eigenvalue weighted by atomic mass is 10.3. The maximum Gasteiger partial charge on any atom is 0.389 e. The van der Waals surface area contributed by atoms with Crippen molar-refractivity contribution in [2.24, 2.45) is 0 Å². The van der Waals surface area contributed by atoms with Crippen molar-refractivity contribution < 1.29 is 21.6 Å². The van der Waals surface area contributed by atoms with E-state index < -0.39 is 34.8 Å². The Morgan fingerprint density at radius 1 is 1.28 bits per heavy atom. The number of anilines is 1. The SMILES string of the molecule is O=S(=O)(CCCC(F)(F)F)Nc1nccnc1Cl. The zero-order valence-corrected chi connectivity index (χ0v) is 10.5. The zero-order valence-electron chi connectivity index (χ0n) is 8.91. The molecule has 0 aliphatic carbocycles. The number of alkyl halides is 3. The van der Waals surface area contributed by atoms with Crippen molar-refractivity contribution in [3.8, 4) is 0 Å². The van der Waals surface area contributed by atoms with Crippen LogP contribution in [0.15, 0.2) is 12.4 Å². The molecule has 1 aromatic rings. The van der Waals surface area contributed by atoms with Gasteiger partial charge < -0.3 is 0 Å². The molecule has 1 heterocycles. The molecule has 1 N–H and O–H groups in total. The van der Waals surface area contributed by atoms with Crippen LogP contribution < -0.4 is 4.72 Å². The van der Waals surface area contributed by atoms with Gasteiger partial charge in [0, 0.05) is 18.8 Å². The van der Waals surface area contributed by atoms with Gasteiger partial charge in [0.15, 0.2) is 11.0 Å². The summed E-state index contributed by atoms with van der Waals surface area (Å²) in [7, 11) is -3.92. The molecule has 0 unspecified atom stereocenters. The van der Waals surface area contributed by atoms with Crippen LogP contribution in [0.5, 0.6) is 0 Å². The Hall–Kier alpha value is -1.09. The minimum absolute atomic E-state index is 0.170. The molecule has 0 fully saturated rings. The average Bonchev–Trinajstić information content (AvgIpc) is 2.18. The Labute approximate surface area is 106 Å². The highest BCUT2D eigenvalue weighted by Gasteiger charge is 2.27. The lowest BCUT2D eigenvalue weighted by Gasteiger charge is -2.08. The molecule has 1 rings (SSSR count). The van der Waals surface area contributed by atoms with Gasteiger partial charge in [0.1, 0.15) is 0 Å². The van der Waals surface area contributed by atoms with Gasteiger partial charge in [-0.1, -0.05) is 11.6 Å². The number of rotatable bonds is 5. The van der Waals surface area contributed by atoms with E-state index >= 15 is 0 Å². The highest BCUT2D eigenvalue weighted by Crippen LogP contribution is 2.22. The van der Waals surface area contributed by atoms with Gasteiger partial charge in [-0.2, -0.15) is 13.2 Å². The number of nitrogens with one attached hydrogen (secondary N) is 1. The molecule has 0 amide bonds. The molecule has 1 aromatic heterocycles. The minimum Gasteiger partial charge on any atom is -0.265 e. The van der Waals surface area contributed by atoms with Crippen molar-refractivity contribution in [1.82, 2.24) is 9.97 Å². The van der Waals surface area contributed by atoms with Crippen LogP contribution in [0.4, 0.5) is 19.0 Å². The molecule has 0 aromatic carbocycles.